The van der Waals surface area contributed by atoms with Crippen LogP contribution in [0.5, 0.6) is 0 Å². The second kappa shape index (κ2) is 5.67. The van der Waals surface area contributed by atoms with Gasteiger partial charge in [-0.1, -0.05) is 0 Å². The fraction of sp³-hybridized carbons (Fsp3) is 0.500. The van der Waals surface area contributed by atoms with Crippen LogP contribution in [0.1, 0.15) is 0 Å². The van der Waals surface area contributed by atoms with Gasteiger partial charge in [0.05, 0.1) is 12.9 Å². The molecular weight excluding hydrogens is 153 g/mol. The predicted molar refractivity (Wildman–Crippen MR) is 36.4 cm³/mol. The Balaban J connectivity index is 3.60. The molecule has 1 amide bonds. The van der Waals surface area contributed by atoms with Gasteiger partial charge in [-0.15, -0.1) is 0 Å². The van der Waals surface area contributed by atoms with Gasteiger partial charge < -0.3 is 15.6 Å². The number of ether oxygens (including phenoxy) is 1. The highest BCUT2D eigenvalue weighted by molar-refractivity contribution is 5.64. The zero-order chi connectivity index (χ0) is 8.69. The van der Waals surface area contributed by atoms with Crippen molar-refractivity contribution in [1.82, 2.24) is 0 Å². The molecule has 0 aromatic heterocycles. The number of amides is 1. The summed E-state index contributed by atoms with van der Waals surface area (Å²) < 4.78 is 15.8. The molecule has 0 aliphatic heterocycles. The van der Waals surface area contributed by atoms with E-state index < -0.39 is 12.0 Å². The molecule has 0 saturated carbocycles. The summed E-state index contributed by atoms with van der Waals surface area (Å²) in [5.74, 6) is -0.521. The highest BCUT2D eigenvalue weighted by atomic mass is 19.1. The zero-order valence-electron chi connectivity index (χ0n) is 5.87. The summed E-state index contributed by atoms with van der Waals surface area (Å²) in [6.07, 6.45) is 0.435. The number of hydrogen-bond donors (Lipinski definition) is 2. The highest BCUT2D eigenvalue weighted by Crippen LogP contribution is 1.98. The van der Waals surface area contributed by atoms with E-state index in [2.05, 4.69) is 10.5 Å². The zero-order valence-corrected chi connectivity index (χ0v) is 5.87. The Kier molecular flexibility index (Phi) is 5.10. The van der Waals surface area contributed by atoms with E-state index in [9.17, 15) is 9.18 Å². The molecule has 11 heavy (non-hydrogen) atoms. The summed E-state index contributed by atoms with van der Waals surface area (Å²) in [5, 5.41) is 8.52. The van der Waals surface area contributed by atoms with Gasteiger partial charge in [0.25, 0.3) is 0 Å². The maximum Gasteiger partial charge on any atom is 0.404 e. The van der Waals surface area contributed by atoms with Gasteiger partial charge >= 0.3 is 6.09 Å². The number of halogens is 1. The van der Waals surface area contributed by atoms with Crippen molar-refractivity contribution in [3.8, 4) is 0 Å². The Morgan fingerprint density at radius 1 is 1.82 bits per heavy atom. The van der Waals surface area contributed by atoms with Gasteiger partial charge in [-0.05, 0) is 6.08 Å². The summed E-state index contributed by atoms with van der Waals surface area (Å²) in [5.41, 5.74) is 4.63. The van der Waals surface area contributed by atoms with Crippen molar-refractivity contribution in [3.63, 3.8) is 0 Å². The Bertz CT molecular complexity index is 149. The third-order valence-electron chi connectivity index (χ3n) is 1.02. The smallest absolute Gasteiger partial charge is 0.404 e. The molecule has 0 saturated heterocycles. The van der Waals surface area contributed by atoms with Crippen molar-refractivity contribution in [3.05, 3.63) is 12.4 Å². The fourth-order valence-corrected chi connectivity index (χ4v) is 0.461. The number of hydrogen-bond acceptors (Lipinski definition) is 3. The third kappa shape index (κ3) is 5.35. The molecule has 0 aromatic carbocycles. The van der Waals surface area contributed by atoms with Crippen molar-refractivity contribution in [2.75, 3.05) is 13.2 Å². The van der Waals surface area contributed by atoms with Crippen LogP contribution in [-0.2, 0) is 4.74 Å². The molecule has 0 bridgehead atoms. The van der Waals surface area contributed by atoms with Crippen molar-refractivity contribution in [1.29, 1.82) is 0 Å². The molecule has 1 atom stereocenters. The first-order valence-electron chi connectivity index (χ1n) is 3.00. The van der Waals surface area contributed by atoms with Gasteiger partial charge in [0, 0.05) is 5.92 Å². The number of nitrogens with two attached hydrogens (primary N) is 1. The average Bonchev–Trinajstić information content (AvgIpc) is 1.97. The fourth-order valence-electron chi connectivity index (χ4n) is 0.461. The molecule has 5 heteroatoms. The Morgan fingerprint density at radius 3 is 2.82 bits per heavy atom. The van der Waals surface area contributed by atoms with Crippen LogP contribution >= 0.6 is 0 Å². The van der Waals surface area contributed by atoms with E-state index in [1.165, 1.54) is 0 Å². The summed E-state index contributed by atoms with van der Waals surface area (Å²) in [4.78, 5) is 10.0. The summed E-state index contributed by atoms with van der Waals surface area (Å²) in [7, 11) is 0. The van der Waals surface area contributed by atoms with Crippen LogP contribution in [0.4, 0.5) is 9.18 Å². The quantitative estimate of drug-likeness (QED) is 0.620. The molecule has 0 aromatic rings. The van der Waals surface area contributed by atoms with E-state index in [1.807, 2.05) is 0 Å². The molecule has 0 fully saturated rings. The van der Waals surface area contributed by atoms with E-state index in [0.29, 0.717) is 0 Å². The van der Waals surface area contributed by atoms with E-state index in [-0.39, 0.29) is 19.5 Å². The number of carbonyl (C=O) groups excluding carboxylic acids is 1. The Hall–Kier alpha value is -1.10. The second-order valence-corrected chi connectivity index (χ2v) is 1.89. The predicted octanol–water partition coefficient (Wildman–Crippen LogP) is 0.173. The molecule has 64 valence electrons. The minimum absolute atomic E-state index is 0.105. The molecule has 1 unspecified atom stereocenters. The maximum absolute atomic E-state index is 11.5. The first kappa shape index (κ1) is 9.90. The number of aliphatic hydroxyl groups is 1. The number of aliphatic hydroxyl groups excluding tert-OH is 1. The molecule has 0 rings (SSSR count). The van der Waals surface area contributed by atoms with Crippen molar-refractivity contribution < 1.29 is 19.0 Å². The van der Waals surface area contributed by atoms with E-state index >= 15 is 0 Å². The topological polar surface area (TPSA) is 72.6 Å². The normalized spacial score (nSPS) is 13.3. The molecule has 0 spiro atoms. The molecule has 0 radical (unpaired) electrons. The summed E-state index contributed by atoms with van der Waals surface area (Å²) in [6, 6.07) is 0. The average molecular weight is 163 g/mol. The standard InChI is InChI=1S/C6H10FNO3/c7-2-1-5(3-9)4-11-6(8)10/h1-2,5,9H,3-4H2,(H2,8,10)/b2-1-. The van der Waals surface area contributed by atoms with Gasteiger partial charge in [0.1, 0.15) is 6.61 Å². The van der Waals surface area contributed by atoms with Crippen LogP contribution < -0.4 is 5.73 Å². The van der Waals surface area contributed by atoms with Crippen molar-refractivity contribution in [2.45, 2.75) is 0 Å². The van der Waals surface area contributed by atoms with Gasteiger partial charge in [0.2, 0.25) is 0 Å². The molecule has 3 N–H and O–H groups in total. The van der Waals surface area contributed by atoms with Crippen LogP contribution in [0.15, 0.2) is 12.4 Å². The molecule has 0 aliphatic carbocycles. The van der Waals surface area contributed by atoms with Gasteiger partial charge in [-0.25, -0.2) is 9.18 Å². The SMILES string of the molecule is NC(=O)OCC(/C=C\F)CO. The minimum atomic E-state index is -0.935. The Morgan fingerprint density at radius 2 is 2.45 bits per heavy atom. The summed E-state index contributed by atoms with van der Waals surface area (Å²) in [6.45, 7) is -0.389. The lowest BCUT2D eigenvalue weighted by molar-refractivity contribution is 0.125. The summed E-state index contributed by atoms with van der Waals surface area (Å²) >= 11 is 0. The highest BCUT2D eigenvalue weighted by Gasteiger charge is 2.04. The minimum Gasteiger partial charge on any atom is -0.449 e. The molecular formula is C6H10FNO3. The first-order chi connectivity index (χ1) is 5.20. The van der Waals surface area contributed by atoms with Crippen molar-refractivity contribution >= 4 is 6.09 Å². The number of rotatable bonds is 4. The Labute approximate surface area is 63.4 Å². The van der Waals surface area contributed by atoms with E-state index in [0.717, 1.165) is 6.08 Å². The molecule has 0 heterocycles. The number of primary amides is 1. The lowest BCUT2D eigenvalue weighted by Gasteiger charge is -2.06. The van der Waals surface area contributed by atoms with Crippen LogP contribution in [0.25, 0.3) is 0 Å². The van der Waals surface area contributed by atoms with Gasteiger partial charge in [0.15, 0.2) is 0 Å². The lowest BCUT2D eigenvalue weighted by Crippen LogP contribution is -2.19. The van der Waals surface area contributed by atoms with Crippen LogP contribution in [0, 0.1) is 5.92 Å². The van der Waals surface area contributed by atoms with Crippen LogP contribution in [-0.4, -0.2) is 24.4 Å². The maximum atomic E-state index is 11.5. The van der Waals surface area contributed by atoms with Crippen LogP contribution in [0.3, 0.4) is 0 Å². The van der Waals surface area contributed by atoms with Crippen LogP contribution in [0.2, 0.25) is 0 Å². The van der Waals surface area contributed by atoms with Gasteiger partial charge in [-0.3, -0.25) is 0 Å². The van der Waals surface area contributed by atoms with Crippen molar-refractivity contribution in [2.24, 2.45) is 11.7 Å². The largest absolute Gasteiger partial charge is 0.449 e. The molecule has 0 aliphatic rings. The van der Waals surface area contributed by atoms with E-state index in [4.69, 9.17) is 5.11 Å². The van der Waals surface area contributed by atoms with Gasteiger partial charge in [-0.2, -0.15) is 0 Å². The molecule has 4 nitrogen and oxygen atoms in total. The van der Waals surface area contributed by atoms with E-state index in [1.54, 1.807) is 0 Å². The lowest BCUT2D eigenvalue weighted by atomic mass is 10.2. The third-order valence-corrected chi connectivity index (χ3v) is 1.02. The second-order valence-electron chi connectivity index (χ2n) is 1.89. The first-order valence-corrected chi connectivity index (χ1v) is 3.00. The monoisotopic (exact) mass is 163 g/mol. The number of carbonyl (C=O) groups is 1.